The smallest absolute Gasteiger partial charge is 0.220 e. The zero-order valence-electron chi connectivity index (χ0n) is 38.4. The number of aliphatic hydroxyl groups is 2. The van der Waals surface area contributed by atoms with Gasteiger partial charge in [-0.1, -0.05) is 283 Å². The lowest BCUT2D eigenvalue weighted by Gasteiger charge is -2.20. The molecule has 0 spiro atoms. The van der Waals surface area contributed by atoms with E-state index in [-0.39, 0.29) is 12.5 Å². The second-order valence-corrected chi connectivity index (χ2v) is 18.0. The number of carbonyl (C=O) groups is 1. The van der Waals surface area contributed by atoms with Gasteiger partial charge in [-0.25, -0.2) is 0 Å². The van der Waals surface area contributed by atoms with Gasteiger partial charge in [0.25, 0.3) is 0 Å². The Morgan fingerprint density at radius 2 is 0.661 bits per heavy atom. The fourth-order valence-electron chi connectivity index (χ4n) is 8.30. The number of allylic oxidation sites excluding steroid dienone is 1. The van der Waals surface area contributed by atoms with Crippen LogP contribution in [0.2, 0.25) is 0 Å². The highest BCUT2D eigenvalue weighted by atomic mass is 16.3. The van der Waals surface area contributed by atoms with E-state index in [1.165, 1.54) is 250 Å². The molecule has 0 aromatic rings. The minimum Gasteiger partial charge on any atom is -0.394 e. The van der Waals surface area contributed by atoms with Crippen molar-refractivity contribution in [3.63, 3.8) is 0 Å². The van der Waals surface area contributed by atoms with Gasteiger partial charge in [0.05, 0.1) is 18.8 Å². The monoisotopic (exact) mass is 790 g/mol. The highest BCUT2D eigenvalue weighted by Gasteiger charge is 2.18. The van der Waals surface area contributed by atoms with Crippen LogP contribution in [0.25, 0.3) is 0 Å². The Bertz CT molecular complexity index is 769. The standard InChI is InChI=1S/C52H103NO3/c1-3-5-7-9-10-11-12-13-14-15-16-17-18-19-20-21-22-23-24-25-26-27-28-29-30-31-32-33-34-35-36-37-38-39-40-41-42-44-46-48-52(56)53-50(49-54)51(55)47-45-43-8-6-4-2/h45,47,50-51,54-55H,3-44,46,48-49H2,1-2H3,(H,53,56)/b47-45+. The van der Waals surface area contributed by atoms with E-state index >= 15 is 0 Å². The molecule has 0 saturated heterocycles. The van der Waals surface area contributed by atoms with Gasteiger partial charge in [0.15, 0.2) is 0 Å². The first kappa shape index (κ1) is 55.1. The highest BCUT2D eigenvalue weighted by Crippen LogP contribution is 2.18. The minimum absolute atomic E-state index is 0.0657. The minimum atomic E-state index is -0.830. The van der Waals surface area contributed by atoms with Gasteiger partial charge in [0.2, 0.25) is 5.91 Å². The third-order valence-corrected chi connectivity index (χ3v) is 12.3. The first-order valence-electron chi connectivity index (χ1n) is 25.9. The Morgan fingerprint density at radius 3 is 0.929 bits per heavy atom. The summed E-state index contributed by atoms with van der Waals surface area (Å²) in [7, 11) is 0. The molecule has 3 N–H and O–H groups in total. The lowest BCUT2D eigenvalue weighted by Crippen LogP contribution is -2.45. The lowest BCUT2D eigenvalue weighted by molar-refractivity contribution is -0.123. The van der Waals surface area contributed by atoms with Crippen LogP contribution in [0.5, 0.6) is 0 Å². The summed E-state index contributed by atoms with van der Waals surface area (Å²) in [4.78, 5) is 12.3. The molecule has 0 saturated carbocycles. The summed E-state index contributed by atoms with van der Waals surface area (Å²) in [5.41, 5.74) is 0. The Kier molecular flexibility index (Phi) is 47.7. The average molecular weight is 790 g/mol. The third kappa shape index (κ3) is 44.2. The fraction of sp³-hybridized carbons (Fsp3) is 0.942. The topological polar surface area (TPSA) is 69.6 Å². The molecule has 0 aliphatic carbocycles. The summed E-state index contributed by atoms with van der Waals surface area (Å²) in [6.45, 7) is 4.23. The number of aliphatic hydroxyl groups excluding tert-OH is 2. The van der Waals surface area contributed by atoms with Crippen molar-refractivity contribution in [1.29, 1.82) is 0 Å². The number of nitrogens with one attached hydrogen (secondary N) is 1. The number of unbranched alkanes of at least 4 members (excludes halogenated alkanes) is 41. The van der Waals surface area contributed by atoms with Crippen molar-refractivity contribution < 1.29 is 15.0 Å². The Morgan fingerprint density at radius 1 is 0.411 bits per heavy atom. The molecular formula is C52H103NO3. The van der Waals surface area contributed by atoms with Gasteiger partial charge in [-0.2, -0.15) is 0 Å². The van der Waals surface area contributed by atoms with E-state index in [2.05, 4.69) is 19.2 Å². The van der Waals surface area contributed by atoms with E-state index in [0.29, 0.717) is 6.42 Å². The van der Waals surface area contributed by atoms with Gasteiger partial charge in [0.1, 0.15) is 0 Å². The summed E-state index contributed by atoms with van der Waals surface area (Å²) in [5.74, 6) is -0.0657. The molecule has 0 bridgehead atoms. The molecule has 4 heteroatoms. The highest BCUT2D eigenvalue weighted by molar-refractivity contribution is 5.76. The molecular weight excluding hydrogens is 687 g/mol. The summed E-state index contributed by atoms with van der Waals surface area (Å²) < 4.78 is 0. The van der Waals surface area contributed by atoms with Gasteiger partial charge in [0, 0.05) is 6.42 Å². The fourth-order valence-corrected chi connectivity index (χ4v) is 8.30. The van der Waals surface area contributed by atoms with Crippen LogP contribution in [0, 0.1) is 0 Å². The number of hydrogen-bond acceptors (Lipinski definition) is 3. The average Bonchev–Trinajstić information content (AvgIpc) is 3.20. The maximum absolute atomic E-state index is 12.3. The van der Waals surface area contributed by atoms with Gasteiger partial charge < -0.3 is 15.5 Å². The molecule has 0 rings (SSSR count). The first-order chi connectivity index (χ1) is 27.7. The Balaban J connectivity index is 3.24. The van der Waals surface area contributed by atoms with E-state index in [0.717, 1.165) is 25.7 Å². The summed E-state index contributed by atoms with van der Waals surface area (Å²) >= 11 is 0. The third-order valence-electron chi connectivity index (χ3n) is 12.3. The molecule has 56 heavy (non-hydrogen) atoms. The molecule has 2 unspecified atom stereocenters. The largest absolute Gasteiger partial charge is 0.394 e. The molecule has 334 valence electrons. The first-order valence-corrected chi connectivity index (χ1v) is 25.9. The molecule has 2 atom stereocenters. The summed E-state index contributed by atoms with van der Waals surface area (Å²) in [5, 5.41) is 22.7. The second kappa shape index (κ2) is 48.5. The van der Waals surface area contributed by atoms with Crippen molar-refractivity contribution in [3.05, 3.63) is 12.2 Å². The predicted molar refractivity (Wildman–Crippen MR) is 249 cm³/mol. The normalized spacial score (nSPS) is 12.9. The van der Waals surface area contributed by atoms with Crippen LogP contribution in [-0.4, -0.2) is 34.9 Å². The molecule has 1 amide bonds. The van der Waals surface area contributed by atoms with Crippen molar-refractivity contribution in [2.24, 2.45) is 0 Å². The van der Waals surface area contributed by atoms with Crippen LogP contribution in [0.4, 0.5) is 0 Å². The quantitative estimate of drug-likeness (QED) is 0.0425. The summed E-state index contributed by atoms with van der Waals surface area (Å²) in [6.07, 6.45) is 62.9. The Labute approximate surface area is 352 Å². The van der Waals surface area contributed by atoms with E-state index in [4.69, 9.17) is 0 Å². The number of amides is 1. The van der Waals surface area contributed by atoms with Gasteiger partial charge in [-0.05, 0) is 19.3 Å². The zero-order chi connectivity index (χ0) is 40.7. The summed E-state index contributed by atoms with van der Waals surface area (Å²) in [6, 6.07) is -0.613. The maximum Gasteiger partial charge on any atom is 0.220 e. The molecule has 4 nitrogen and oxygen atoms in total. The van der Waals surface area contributed by atoms with E-state index < -0.39 is 12.1 Å². The molecule has 0 heterocycles. The van der Waals surface area contributed by atoms with Crippen molar-refractivity contribution >= 4 is 5.91 Å². The van der Waals surface area contributed by atoms with Gasteiger partial charge in [-0.15, -0.1) is 0 Å². The lowest BCUT2D eigenvalue weighted by atomic mass is 10.0. The zero-order valence-corrected chi connectivity index (χ0v) is 38.4. The van der Waals surface area contributed by atoms with E-state index in [9.17, 15) is 15.0 Å². The molecule has 0 aromatic heterocycles. The van der Waals surface area contributed by atoms with Gasteiger partial charge in [-0.3, -0.25) is 4.79 Å². The number of hydrogen-bond donors (Lipinski definition) is 3. The second-order valence-electron chi connectivity index (χ2n) is 18.0. The van der Waals surface area contributed by atoms with Crippen molar-refractivity contribution in [1.82, 2.24) is 5.32 Å². The van der Waals surface area contributed by atoms with Crippen LogP contribution in [0.1, 0.15) is 296 Å². The van der Waals surface area contributed by atoms with Gasteiger partial charge >= 0.3 is 0 Å². The molecule has 0 radical (unpaired) electrons. The molecule has 0 fully saturated rings. The van der Waals surface area contributed by atoms with Crippen molar-refractivity contribution in [2.75, 3.05) is 6.61 Å². The number of rotatable bonds is 48. The van der Waals surface area contributed by atoms with Crippen LogP contribution < -0.4 is 5.32 Å². The predicted octanol–water partition coefficient (Wildman–Crippen LogP) is 16.6. The van der Waals surface area contributed by atoms with Crippen LogP contribution >= 0.6 is 0 Å². The Hall–Kier alpha value is -0.870. The maximum atomic E-state index is 12.3. The van der Waals surface area contributed by atoms with Crippen LogP contribution in [0.15, 0.2) is 12.2 Å². The van der Waals surface area contributed by atoms with E-state index in [1.54, 1.807) is 6.08 Å². The number of carbonyl (C=O) groups excluding carboxylic acids is 1. The molecule has 0 aliphatic rings. The SMILES string of the molecule is CCCCC/C=C/C(O)C(CO)NC(=O)CCCCCCCCCCCCCCCCCCCCCCCCCCCCCCCCCCCCCCCCC. The van der Waals surface area contributed by atoms with Crippen molar-refractivity contribution in [3.8, 4) is 0 Å². The molecule has 0 aromatic carbocycles. The van der Waals surface area contributed by atoms with Crippen LogP contribution in [-0.2, 0) is 4.79 Å². The molecule has 0 aliphatic heterocycles. The van der Waals surface area contributed by atoms with Crippen molar-refractivity contribution in [2.45, 2.75) is 309 Å². The van der Waals surface area contributed by atoms with E-state index in [1.807, 2.05) is 6.08 Å². The van der Waals surface area contributed by atoms with Crippen LogP contribution in [0.3, 0.4) is 0 Å².